The van der Waals surface area contributed by atoms with Gasteiger partial charge in [0.1, 0.15) is 0 Å². The van der Waals surface area contributed by atoms with Crippen LogP contribution in [0.15, 0.2) is 24.3 Å². The molecule has 3 heteroatoms. The average molecular weight is 220 g/mol. The van der Waals surface area contributed by atoms with E-state index in [2.05, 4.69) is 0 Å². The molecule has 1 atom stereocenters. The fourth-order valence-corrected chi connectivity index (χ4v) is 1.42. The van der Waals surface area contributed by atoms with Crippen molar-refractivity contribution in [3.63, 3.8) is 0 Å². The number of Topliss-reactive ketones (excluding diaryl/α,β-unsaturated/α-hetero) is 1. The Morgan fingerprint density at radius 2 is 1.69 bits per heavy atom. The summed E-state index contributed by atoms with van der Waals surface area (Å²) in [5.41, 5.74) is 7.60. The predicted molar refractivity (Wildman–Crippen MR) is 67.9 cm³/mol. The summed E-state index contributed by atoms with van der Waals surface area (Å²) in [5, 5.41) is 0. The van der Waals surface area contributed by atoms with Crippen molar-refractivity contribution in [2.24, 2.45) is 11.7 Å². The molecule has 16 heavy (non-hydrogen) atoms. The van der Waals surface area contributed by atoms with Crippen LogP contribution >= 0.6 is 0 Å². The number of ketones is 1. The summed E-state index contributed by atoms with van der Waals surface area (Å²) in [6.07, 6.45) is 0. The molecular formula is C13H20N2O. The lowest BCUT2D eigenvalue weighted by Crippen LogP contribution is -2.35. The molecule has 1 unspecified atom stereocenters. The highest BCUT2D eigenvalue weighted by Gasteiger charge is 2.18. The van der Waals surface area contributed by atoms with Crippen LogP contribution in [0.1, 0.15) is 24.2 Å². The lowest BCUT2D eigenvalue weighted by Gasteiger charge is -2.16. The first-order chi connectivity index (χ1) is 7.43. The molecule has 0 spiro atoms. The first kappa shape index (κ1) is 12.7. The highest BCUT2D eigenvalue weighted by atomic mass is 16.1. The maximum absolute atomic E-state index is 11.9. The summed E-state index contributed by atoms with van der Waals surface area (Å²) in [7, 11) is 3.94. The first-order valence-electron chi connectivity index (χ1n) is 5.50. The largest absolute Gasteiger partial charge is 0.378 e. The second-order valence-electron chi connectivity index (χ2n) is 4.58. The second-order valence-corrected chi connectivity index (χ2v) is 4.58. The molecule has 0 aliphatic carbocycles. The van der Waals surface area contributed by atoms with Gasteiger partial charge in [-0.05, 0) is 30.2 Å². The molecule has 0 amide bonds. The molecule has 0 aromatic heterocycles. The normalized spacial score (nSPS) is 12.6. The minimum atomic E-state index is -0.412. The van der Waals surface area contributed by atoms with Crippen LogP contribution in [-0.2, 0) is 0 Å². The fraction of sp³-hybridized carbons (Fsp3) is 0.462. The van der Waals surface area contributed by atoms with E-state index in [4.69, 9.17) is 5.73 Å². The molecule has 0 heterocycles. The SMILES string of the molecule is CC(C)C(N)C(=O)c1ccc(N(C)C)cc1. The van der Waals surface area contributed by atoms with Crippen molar-refractivity contribution < 1.29 is 4.79 Å². The Morgan fingerprint density at radius 1 is 1.19 bits per heavy atom. The molecule has 1 rings (SSSR count). The third-order valence-corrected chi connectivity index (χ3v) is 2.69. The number of anilines is 1. The number of hydrogen-bond donors (Lipinski definition) is 1. The van der Waals surface area contributed by atoms with Gasteiger partial charge in [0.15, 0.2) is 5.78 Å². The highest BCUT2D eigenvalue weighted by Crippen LogP contribution is 2.14. The van der Waals surface area contributed by atoms with E-state index in [1.165, 1.54) is 0 Å². The van der Waals surface area contributed by atoms with Gasteiger partial charge in [-0.2, -0.15) is 0 Å². The average Bonchev–Trinajstić information content (AvgIpc) is 2.27. The third-order valence-electron chi connectivity index (χ3n) is 2.69. The van der Waals surface area contributed by atoms with Crippen LogP contribution in [0.5, 0.6) is 0 Å². The molecule has 0 bridgehead atoms. The molecule has 1 aromatic rings. The van der Waals surface area contributed by atoms with Crippen molar-refractivity contribution in [1.82, 2.24) is 0 Å². The van der Waals surface area contributed by atoms with Crippen molar-refractivity contribution in [3.05, 3.63) is 29.8 Å². The van der Waals surface area contributed by atoms with Crippen molar-refractivity contribution in [1.29, 1.82) is 0 Å². The van der Waals surface area contributed by atoms with E-state index in [0.717, 1.165) is 5.69 Å². The molecule has 0 aliphatic heterocycles. The predicted octanol–water partition coefficient (Wildman–Crippen LogP) is 1.92. The minimum Gasteiger partial charge on any atom is -0.378 e. The number of nitrogens with two attached hydrogens (primary N) is 1. The van der Waals surface area contributed by atoms with Gasteiger partial charge in [-0.3, -0.25) is 4.79 Å². The zero-order valence-electron chi connectivity index (χ0n) is 10.4. The lowest BCUT2D eigenvalue weighted by atomic mass is 9.96. The molecule has 0 aliphatic rings. The molecular weight excluding hydrogens is 200 g/mol. The van der Waals surface area contributed by atoms with Crippen LogP contribution in [0.3, 0.4) is 0 Å². The van der Waals surface area contributed by atoms with Crippen LogP contribution in [0.4, 0.5) is 5.69 Å². The number of carbonyl (C=O) groups excluding carboxylic acids is 1. The Bertz CT molecular complexity index is 355. The number of hydrogen-bond acceptors (Lipinski definition) is 3. The number of rotatable bonds is 4. The molecule has 2 N–H and O–H groups in total. The molecule has 88 valence electrons. The smallest absolute Gasteiger partial charge is 0.179 e. The topological polar surface area (TPSA) is 46.3 Å². The first-order valence-corrected chi connectivity index (χ1v) is 5.50. The zero-order chi connectivity index (χ0) is 12.3. The van der Waals surface area contributed by atoms with Gasteiger partial charge in [0, 0.05) is 25.3 Å². The number of nitrogens with zero attached hydrogens (tertiary/aromatic N) is 1. The zero-order valence-corrected chi connectivity index (χ0v) is 10.4. The van der Waals surface area contributed by atoms with E-state index >= 15 is 0 Å². The maximum atomic E-state index is 11.9. The number of carbonyl (C=O) groups is 1. The molecule has 0 radical (unpaired) electrons. The summed E-state index contributed by atoms with van der Waals surface area (Å²) in [6, 6.07) is 7.12. The summed E-state index contributed by atoms with van der Waals surface area (Å²) in [6.45, 7) is 3.91. The van der Waals surface area contributed by atoms with Crippen molar-refractivity contribution in [3.8, 4) is 0 Å². The molecule has 3 nitrogen and oxygen atoms in total. The Kier molecular flexibility index (Phi) is 4.07. The molecule has 1 aromatic carbocycles. The Balaban J connectivity index is 2.86. The van der Waals surface area contributed by atoms with Crippen LogP contribution in [-0.4, -0.2) is 25.9 Å². The van der Waals surface area contributed by atoms with Crippen molar-refractivity contribution in [2.75, 3.05) is 19.0 Å². The third kappa shape index (κ3) is 2.83. The summed E-state index contributed by atoms with van der Waals surface area (Å²) < 4.78 is 0. The van der Waals surface area contributed by atoms with Gasteiger partial charge in [-0.15, -0.1) is 0 Å². The van der Waals surface area contributed by atoms with Gasteiger partial charge in [-0.1, -0.05) is 13.8 Å². The molecule has 0 saturated carbocycles. The van der Waals surface area contributed by atoms with Gasteiger partial charge < -0.3 is 10.6 Å². The Hall–Kier alpha value is -1.35. The van der Waals surface area contributed by atoms with E-state index < -0.39 is 6.04 Å². The van der Waals surface area contributed by atoms with Crippen LogP contribution < -0.4 is 10.6 Å². The van der Waals surface area contributed by atoms with Gasteiger partial charge in [-0.25, -0.2) is 0 Å². The van der Waals surface area contributed by atoms with Gasteiger partial charge in [0.2, 0.25) is 0 Å². The van der Waals surface area contributed by atoms with Crippen molar-refractivity contribution in [2.45, 2.75) is 19.9 Å². The van der Waals surface area contributed by atoms with E-state index in [1.54, 1.807) is 0 Å². The van der Waals surface area contributed by atoms with Gasteiger partial charge in [0.05, 0.1) is 6.04 Å². The summed E-state index contributed by atoms with van der Waals surface area (Å²) >= 11 is 0. The van der Waals surface area contributed by atoms with Crippen LogP contribution in [0, 0.1) is 5.92 Å². The summed E-state index contributed by atoms with van der Waals surface area (Å²) in [4.78, 5) is 13.9. The van der Waals surface area contributed by atoms with E-state index in [-0.39, 0.29) is 11.7 Å². The lowest BCUT2D eigenvalue weighted by molar-refractivity contribution is 0.0940. The Labute approximate surface area is 97.2 Å². The second kappa shape index (κ2) is 5.12. The quantitative estimate of drug-likeness (QED) is 0.788. The monoisotopic (exact) mass is 220 g/mol. The number of benzene rings is 1. The van der Waals surface area contributed by atoms with Crippen LogP contribution in [0.25, 0.3) is 0 Å². The summed E-state index contributed by atoms with van der Waals surface area (Å²) in [5.74, 6) is 0.182. The molecule has 0 saturated heterocycles. The van der Waals surface area contributed by atoms with Gasteiger partial charge >= 0.3 is 0 Å². The van der Waals surface area contributed by atoms with Gasteiger partial charge in [0.25, 0.3) is 0 Å². The van der Waals surface area contributed by atoms with E-state index in [0.29, 0.717) is 5.56 Å². The van der Waals surface area contributed by atoms with E-state index in [1.807, 2.05) is 57.1 Å². The minimum absolute atomic E-state index is 0.0142. The van der Waals surface area contributed by atoms with Crippen LogP contribution in [0.2, 0.25) is 0 Å². The highest BCUT2D eigenvalue weighted by molar-refractivity contribution is 6.00. The standard InChI is InChI=1S/C13H20N2O/c1-9(2)12(14)13(16)10-5-7-11(8-6-10)15(3)4/h5-9,12H,14H2,1-4H3. The Morgan fingerprint density at radius 3 is 2.06 bits per heavy atom. The molecule has 0 fully saturated rings. The fourth-order valence-electron chi connectivity index (χ4n) is 1.42. The van der Waals surface area contributed by atoms with Crippen molar-refractivity contribution >= 4 is 11.5 Å². The van der Waals surface area contributed by atoms with E-state index in [9.17, 15) is 4.79 Å². The maximum Gasteiger partial charge on any atom is 0.179 e.